The molecule has 0 radical (unpaired) electrons. The highest BCUT2D eigenvalue weighted by Gasteiger charge is 2.24. The first-order chi connectivity index (χ1) is 13.7. The van der Waals surface area contributed by atoms with Crippen molar-refractivity contribution in [1.29, 1.82) is 0 Å². The first kappa shape index (κ1) is 20.2. The molecule has 0 spiro atoms. The van der Waals surface area contributed by atoms with Crippen LogP contribution in [-0.2, 0) is 0 Å². The van der Waals surface area contributed by atoms with Gasteiger partial charge in [0.2, 0.25) is 0 Å². The number of hydrogen-bond acceptors (Lipinski definition) is 5. The van der Waals surface area contributed by atoms with Crippen LogP contribution in [0.2, 0.25) is 0 Å². The molecule has 1 aromatic carbocycles. The first-order valence-corrected chi connectivity index (χ1v) is 10.8. The van der Waals surface area contributed by atoms with Crippen LogP contribution in [0, 0.1) is 0 Å². The molecule has 2 aromatic rings. The van der Waals surface area contributed by atoms with E-state index in [2.05, 4.69) is 10.3 Å². The second kappa shape index (κ2) is 10.1. The normalized spacial score (nSPS) is 14.5. The average molecular weight is 400 g/mol. The molecule has 0 unspecified atom stereocenters. The number of carbonyl (C=O) groups is 2. The number of pyridine rings is 1. The van der Waals surface area contributed by atoms with E-state index in [-0.39, 0.29) is 17.9 Å². The van der Waals surface area contributed by atoms with E-state index in [0.717, 1.165) is 24.3 Å². The van der Waals surface area contributed by atoms with E-state index in [4.69, 9.17) is 4.74 Å². The minimum atomic E-state index is -0.0668. The van der Waals surface area contributed by atoms with E-state index < -0.39 is 0 Å². The van der Waals surface area contributed by atoms with Crippen LogP contribution in [0.4, 0.5) is 0 Å². The van der Waals surface area contributed by atoms with Crippen molar-refractivity contribution in [2.24, 2.45) is 0 Å². The Morgan fingerprint density at radius 3 is 2.57 bits per heavy atom. The molecule has 6 nitrogen and oxygen atoms in total. The third-order valence-electron chi connectivity index (χ3n) is 4.65. The molecule has 2 heterocycles. The fraction of sp³-hybridized carbons (Fsp3) is 0.381. The van der Waals surface area contributed by atoms with Gasteiger partial charge in [0.05, 0.1) is 5.56 Å². The molecule has 0 bridgehead atoms. The average Bonchev–Trinajstić information content (AvgIpc) is 2.75. The lowest BCUT2D eigenvalue weighted by molar-refractivity contribution is 0.0595. The molecule has 28 heavy (non-hydrogen) atoms. The van der Waals surface area contributed by atoms with Crippen molar-refractivity contribution in [3.63, 3.8) is 0 Å². The molecular formula is C21H25N3O3S. The Kier molecular flexibility index (Phi) is 7.31. The number of ether oxygens (including phenoxy) is 1. The van der Waals surface area contributed by atoms with Gasteiger partial charge in [0.15, 0.2) is 0 Å². The Labute approximate surface area is 169 Å². The molecule has 1 aliphatic rings. The molecule has 2 amide bonds. The van der Waals surface area contributed by atoms with Crippen LogP contribution < -0.4 is 10.1 Å². The Morgan fingerprint density at radius 2 is 1.93 bits per heavy atom. The topological polar surface area (TPSA) is 71.5 Å². The Bertz CT molecular complexity index is 775. The number of hydrogen-bond donors (Lipinski definition) is 1. The van der Waals surface area contributed by atoms with Gasteiger partial charge in [-0.1, -0.05) is 0 Å². The zero-order valence-corrected chi connectivity index (χ0v) is 16.8. The van der Waals surface area contributed by atoms with E-state index >= 15 is 0 Å². The predicted octanol–water partition coefficient (Wildman–Crippen LogP) is 2.86. The van der Waals surface area contributed by atoms with Gasteiger partial charge in [-0.25, -0.2) is 0 Å². The maximum absolute atomic E-state index is 12.5. The van der Waals surface area contributed by atoms with Gasteiger partial charge in [-0.15, -0.1) is 0 Å². The van der Waals surface area contributed by atoms with Gasteiger partial charge in [-0.05, 0) is 42.7 Å². The molecule has 1 saturated heterocycles. The predicted molar refractivity (Wildman–Crippen MR) is 111 cm³/mol. The van der Waals surface area contributed by atoms with E-state index in [9.17, 15) is 9.59 Å². The second-order valence-electron chi connectivity index (χ2n) is 6.62. The van der Waals surface area contributed by atoms with Crippen molar-refractivity contribution >= 4 is 23.6 Å². The molecular weight excluding hydrogens is 374 g/mol. The lowest BCUT2D eigenvalue weighted by Crippen LogP contribution is -2.41. The summed E-state index contributed by atoms with van der Waals surface area (Å²) in [5, 5.41) is 2.89. The van der Waals surface area contributed by atoms with E-state index in [1.165, 1.54) is 0 Å². The number of nitrogens with one attached hydrogen (secondary N) is 1. The Hall–Kier alpha value is -2.54. The van der Waals surface area contributed by atoms with Crippen LogP contribution in [0.1, 0.15) is 33.6 Å². The van der Waals surface area contributed by atoms with Gasteiger partial charge in [0.25, 0.3) is 11.8 Å². The number of aromatic nitrogens is 1. The number of benzene rings is 1. The summed E-state index contributed by atoms with van der Waals surface area (Å²) in [7, 11) is 0. The van der Waals surface area contributed by atoms with Gasteiger partial charge in [0, 0.05) is 56.2 Å². The molecule has 0 saturated carbocycles. The highest BCUT2D eigenvalue weighted by atomic mass is 32.2. The van der Waals surface area contributed by atoms with E-state index in [1.54, 1.807) is 48.4 Å². The van der Waals surface area contributed by atoms with Crippen LogP contribution in [0.15, 0.2) is 48.8 Å². The van der Waals surface area contributed by atoms with Crippen molar-refractivity contribution in [2.75, 3.05) is 31.6 Å². The first-order valence-electron chi connectivity index (χ1n) is 9.40. The summed E-state index contributed by atoms with van der Waals surface area (Å²) < 4.78 is 6.04. The standard InChI is InChI=1S/C21H25N3O3S/c1-28-14-11-23-20(25)16-4-6-18(7-5-16)27-19-8-12-24(13-9-19)21(26)17-3-2-10-22-15-17/h2-7,10,15,19H,8-9,11-14H2,1H3,(H,23,25). The molecule has 0 atom stereocenters. The van der Waals surface area contributed by atoms with Crippen molar-refractivity contribution < 1.29 is 14.3 Å². The number of thioether (sulfide) groups is 1. The molecule has 1 aliphatic heterocycles. The lowest BCUT2D eigenvalue weighted by Gasteiger charge is -2.32. The minimum absolute atomic E-state index is 0.0170. The SMILES string of the molecule is CSCCNC(=O)c1ccc(OC2CCN(C(=O)c3cccnc3)CC2)cc1. The monoisotopic (exact) mass is 399 g/mol. The zero-order chi connectivity index (χ0) is 19.8. The third kappa shape index (κ3) is 5.48. The fourth-order valence-electron chi connectivity index (χ4n) is 3.09. The summed E-state index contributed by atoms with van der Waals surface area (Å²) in [6.45, 7) is 1.98. The molecule has 1 fully saturated rings. The van der Waals surface area contributed by atoms with Crippen LogP contribution in [-0.4, -0.2) is 59.4 Å². The number of piperidine rings is 1. The molecule has 148 valence electrons. The van der Waals surface area contributed by atoms with E-state index in [0.29, 0.717) is 30.8 Å². The summed E-state index contributed by atoms with van der Waals surface area (Å²) in [6.07, 6.45) is 6.91. The summed E-state index contributed by atoms with van der Waals surface area (Å²) in [6, 6.07) is 10.8. The van der Waals surface area contributed by atoms with Gasteiger partial charge >= 0.3 is 0 Å². The van der Waals surface area contributed by atoms with Crippen LogP contribution in [0.3, 0.4) is 0 Å². The molecule has 1 aromatic heterocycles. The van der Waals surface area contributed by atoms with Gasteiger partial charge in [-0.2, -0.15) is 11.8 Å². The number of amides is 2. The fourth-order valence-corrected chi connectivity index (χ4v) is 3.40. The molecule has 1 N–H and O–H groups in total. The quantitative estimate of drug-likeness (QED) is 0.725. The summed E-state index contributed by atoms with van der Waals surface area (Å²) in [4.78, 5) is 30.4. The van der Waals surface area contributed by atoms with Crippen LogP contribution >= 0.6 is 11.8 Å². The lowest BCUT2D eigenvalue weighted by atomic mass is 10.1. The van der Waals surface area contributed by atoms with Crippen molar-refractivity contribution in [3.05, 3.63) is 59.9 Å². The highest BCUT2D eigenvalue weighted by molar-refractivity contribution is 7.98. The molecule has 0 aliphatic carbocycles. The Balaban J connectivity index is 1.47. The van der Waals surface area contributed by atoms with Crippen LogP contribution in [0.25, 0.3) is 0 Å². The molecule has 3 rings (SSSR count). The zero-order valence-electron chi connectivity index (χ0n) is 16.0. The van der Waals surface area contributed by atoms with E-state index in [1.807, 2.05) is 23.3 Å². The number of likely N-dealkylation sites (tertiary alicyclic amines) is 1. The Morgan fingerprint density at radius 1 is 1.18 bits per heavy atom. The smallest absolute Gasteiger partial charge is 0.255 e. The largest absolute Gasteiger partial charge is 0.490 e. The van der Waals surface area contributed by atoms with Crippen molar-refractivity contribution in [3.8, 4) is 5.75 Å². The summed E-state index contributed by atoms with van der Waals surface area (Å²) in [5.41, 5.74) is 1.25. The summed E-state index contributed by atoms with van der Waals surface area (Å²) >= 11 is 1.70. The van der Waals surface area contributed by atoms with Crippen molar-refractivity contribution in [2.45, 2.75) is 18.9 Å². The number of carbonyl (C=O) groups excluding carboxylic acids is 2. The summed E-state index contributed by atoms with van der Waals surface area (Å²) in [5.74, 6) is 1.60. The second-order valence-corrected chi connectivity index (χ2v) is 7.61. The minimum Gasteiger partial charge on any atom is -0.490 e. The van der Waals surface area contributed by atoms with Gasteiger partial charge < -0.3 is 15.0 Å². The number of rotatable bonds is 7. The number of nitrogens with zero attached hydrogens (tertiary/aromatic N) is 2. The maximum Gasteiger partial charge on any atom is 0.255 e. The van der Waals surface area contributed by atoms with Gasteiger partial charge in [0.1, 0.15) is 11.9 Å². The maximum atomic E-state index is 12.5. The highest BCUT2D eigenvalue weighted by Crippen LogP contribution is 2.20. The molecule has 7 heteroatoms. The third-order valence-corrected chi connectivity index (χ3v) is 5.26. The van der Waals surface area contributed by atoms with Crippen LogP contribution in [0.5, 0.6) is 5.75 Å². The van der Waals surface area contributed by atoms with Gasteiger partial charge in [-0.3, -0.25) is 14.6 Å². The van der Waals surface area contributed by atoms with Crippen molar-refractivity contribution in [1.82, 2.24) is 15.2 Å².